The first-order chi connectivity index (χ1) is 16.8. The van der Waals surface area contributed by atoms with Crippen LogP contribution in [0.2, 0.25) is 0 Å². The molecule has 2 bridgehead atoms. The minimum atomic E-state index is -0.729. The number of hydrogen-bond donors (Lipinski definition) is 2. The van der Waals surface area contributed by atoms with Gasteiger partial charge in [-0.2, -0.15) is 0 Å². The summed E-state index contributed by atoms with van der Waals surface area (Å²) in [5, 5.41) is 12.7. The van der Waals surface area contributed by atoms with Crippen LogP contribution in [0, 0.1) is 30.6 Å². The predicted molar refractivity (Wildman–Crippen MR) is 140 cm³/mol. The van der Waals surface area contributed by atoms with Crippen molar-refractivity contribution in [3.63, 3.8) is 0 Å². The lowest BCUT2D eigenvalue weighted by molar-refractivity contribution is -0.138. The highest BCUT2D eigenvalue weighted by Gasteiger charge is 2.45. The second-order valence-electron chi connectivity index (χ2n) is 11.6. The maximum Gasteiger partial charge on any atom is 0.307 e. The molecular formula is C30H38N2O3. The molecule has 0 aliphatic heterocycles. The number of rotatable bonds is 9. The maximum atomic E-state index is 13.2. The third kappa shape index (κ3) is 5.24. The van der Waals surface area contributed by atoms with Crippen LogP contribution in [-0.4, -0.2) is 29.6 Å². The van der Waals surface area contributed by atoms with Crippen molar-refractivity contribution in [3.05, 3.63) is 59.2 Å². The van der Waals surface area contributed by atoms with Gasteiger partial charge in [0.05, 0.1) is 23.7 Å². The number of carbonyl (C=O) groups is 2. The number of aliphatic carboxylic acids is 1. The predicted octanol–water partition coefficient (Wildman–Crippen LogP) is 6.02. The summed E-state index contributed by atoms with van der Waals surface area (Å²) in [4.78, 5) is 27.2. The maximum absolute atomic E-state index is 13.2. The van der Waals surface area contributed by atoms with Crippen molar-refractivity contribution in [2.45, 2.75) is 71.3 Å². The average molecular weight is 475 g/mol. The fourth-order valence-electron chi connectivity index (χ4n) is 6.46. The van der Waals surface area contributed by atoms with Gasteiger partial charge in [0, 0.05) is 12.6 Å². The number of anilines is 2. The number of carboxylic acid groups (broad SMARTS) is 1. The molecule has 0 spiro atoms. The highest BCUT2D eigenvalue weighted by Crippen LogP contribution is 2.51. The molecule has 0 radical (unpaired) electrons. The van der Waals surface area contributed by atoms with Crippen LogP contribution in [0.3, 0.4) is 0 Å². The fourth-order valence-corrected chi connectivity index (χ4v) is 6.46. The molecule has 0 unspecified atom stereocenters. The smallest absolute Gasteiger partial charge is 0.307 e. The summed E-state index contributed by atoms with van der Waals surface area (Å²) in [7, 11) is 0. The van der Waals surface area contributed by atoms with Crippen LogP contribution in [0.25, 0.3) is 0 Å². The van der Waals surface area contributed by atoms with E-state index in [1.807, 2.05) is 31.2 Å². The zero-order valence-corrected chi connectivity index (χ0v) is 21.2. The van der Waals surface area contributed by atoms with E-state index in [9.17, 15) is 14.7 Å². The molecule has 3 fully saturated rings. The van der Waals surface area contributed by atoms with Gasteiger partial charge in [0.2, 0.25) is 5.91 Å². The molecule has 5 nitrogen and oxygen atoms in total. The van der Waals surface area contributed by atoms with Crippen LogP contribution < -0.4 is 10.2 Å². The van der Waals surface area contributed by atoms with Gasteiger partial charge in [-0.05, 0) is 79.5 Å². The molecule has 0 saturated heterocycles. The zero-order valence-electron chi connectivity index (χ0n) is 21.2. The quantitative estimate of drug-likeness (QED) is 0.467. The number of benzene rings is 2. The largest absolute Gasteiger partial charge is 0.481 e. The molecule has 35 heavy (non-hydrogen) atoms. The zero-order chi connectivity index (χ0) is 24.7. The molecule has 5 rings (SSSR count). The van der Waals surface area contributed by atoms with Gasteiger partial charge in [0.1, 0.15) is 0 Å². The van der Waals surface area contributed by atoms with Gasteiger partial charge in [0.25, 0.3) is 0 Å². The Hall–Kier alpha value is -2.82. The van der Waals surface area contributed by atoms with Gasteiger partial charge >= 0.3 is 5.97 Å². The van der Waals surface area contributed by atoms with E-state index in [1.54, 1.807) is 0 Å². The lowest BCUT2D eigenvalue weighted by atomic mass is 9.92. The highest BCUT2D eigenvalue weighted by atomic mass is 16.4. The number of fused-ring (bicyclic) bond motifs is 2. The summed E-state index contributed by atoms with van der Waals surface area (Å²) >= 11 is 0. The van der Waals surface area contributed by atoms with E-state index < -0.39 is 5.97 Å². The Labute approximate surface area is 208 Å². The summed E-state index contributed by atoms with van der Waals surface area (Å²) < 4.78 is 0. The molecule has 2 N–H and O–H groups in total. The van der Waals surface area contributed by atoms with E-state index in [4.69, 9.17) is 0 Å². The van der Waals surface area contributed by atoms with Crippen molar-refractivity contribution < 1.29 is 14.7 Å². The Bertz CT molecular complexity index is 1090. The van der Waals surface area contributed by atoms with Crippen molar-refractivity contribution in [2.24, 2.45) is 23.7 Å². The van der Waals surface area contributed by atoms with Crippen LogP contribution >= 0.6 is 0 Å². The van der Waals surface area contributed by atoms with Crippen molar-refractivity contribution >= 4 is 23.3 Å². The van der Waals surface area contributed by atoms with E-state index >= 15 is 0 Å². The first kappa shape index (κ1) is 23.9. The monoisotopic (exact) mass is 474 g/mol. The van der Waals surface area contributed by atoms with Crippen LogP contribution in [-0.2, 0) is 16.0 Å². The second kappa shape index (κ2) is 9.67. The lowest BCUT2D eigenvalue weighted by Gasteiger charge is -2.39. The molecule has 2 aromatic rings. The minimum Gasteiger partial charge on any atom is -0.481 e. The van der Waals surface area contributed by atoms with Crippen LogP contribution in [0.4, 0.5) is 11.4 Å². The standard InChI is InChI=1S/C30H38N2O3/c1-18(2)17-32(28-13-21-8-9-23(28)12-21)27-11-10-22(24-16-25(24)30(34)35)15-26(27)31-29(33)14-20-6-4-19(3)5-7-20/h4-7,10-11,15,18,21,23-25,28H,8-9,12-14,16-17H2,1-3H3,(H,31,33)(H,34,35)/t21-,23+,24+,25+,28+/m0/s1. The molecular weight excluding hydrogens is 436 g/mol. The lowest BCUT2D eigenvalue weighted by Crippen LogP contribution is -2.42. The van der Waals surface area contributed by atoms with Gasteiger partial charge in [-0.1, -0.05) is 56.2 Å². The van der Waals surface area contributed by atoms with E-state index in [0.29, 0.717) is 24.8 Å². The summed E-state index contributed by atoms with van der Waals surface area (Å²) in [6, 6.07) is 14.9. The SMILES string of the molecule is Cc1ccc(CC(=O)Nc2cc([C@H]3C[C@H]3C(=O)O)ccc2N(CC(C)C)[C@@H]2C[C@H]3CC[C@@H]2C3)cc1. The molecule has 2 aromatic carbocycles. The van der Waals surface area contributed by atoms with Gasteiger partial charge in [-0.3, -0.25) is 9.59 Å². The molecule has 186 valence electrons. The van der Waals surface area contributed by atoms with Gasteiger partial charge in [0.15, 0.2) is 0 Å². The van der Waals surface area contributed by atoms with Crippen LogP contribution in [0.15, 0.2) is 42.5 Å². The Balaban J connectivity index is 1.44. The number of carbonyl (C=O) groups excluding carboxylic acids is 1. The molecule has 0 aromatic heterocycles. The van der Waals surface area contributed by atoms with Gasteiger partial charge in [-0.15, -0.1) is 0 Å². The molecule has 0 heterocycles. The number of nitrogens with one attached hydrogen (secondary N) is 1. The molecule has 3 aliphatic rings. The van der Waals surface area contributed by atoms with Crippen molar-refractivity contribution in [1.82, 2.24) is 0 Å². The number of hydrogen-bond acceptors (Lipinski definition) is 3. The van der Waals surface area contributed by atoms with E-state index in [-0.39, 0.29) is 17.7 Å². The number of nitrogens with zero attached hydrogens (tertiary/aromatic N) is 1. The van der Waals surface area contributed by atoms with E-state index in [0.717, 1.165) is 40.9 Å². The van der Waals surface area contributed by atoms with Crippen molar-refractivity contribution in [1.29, 1.82) is 0 Å². The number of amides is 1. The normalized spacial score (nSPS) is 26.7. The Morgan fingerprint density at radius 2 is 1.83 bits per heavy atom. The summed E-state index contributed by atoms with van der Waals surface area (Å²) in [5.41, 5.74) is 5.11. The summed E-state index contributed by atoms with van der Waals surface area (Å²) in [5.74, 6) is 1.03. The van der Waals surface area contributed by atoms with Gasteiger partial charge < -0.3 is 15.3 Å². The third-order valence-electron chi connectivity index (χ3n) is 8.29. The molecule has 1 amide bonds. The van der Waals surface area contributed by atoms with Gasteiger partial charge in [-0.25, -0.2) is 0 Å². The first-order valence-electron chi connectivity index (χ1n) is 13.3. The fraction of sp³-hybridized carbons (Fsp3) is 0.533. The first-order valence-corrected chi connectivity index (χ1v) is 13.3. The molecule has 5 heteroatoms. The van der Waals surface area contributed by atoms with Crippen molar-refractivity contribution in [2.75, 3.05) is 16.8 Å². The number of aryl methyl sites for hydroxylation is 1. The minimum absolute atomic E-state index is 0.0322. The second-order valence-corrected chi connectivity index (χ2v) is 11.6. The Morgan fingerprint density at radius 3 is 2.43 bits per heavy atom. The summed E-state index contributed by atoms with van der Waals surface area (Å²) in [6.07, 6.45) is 6.22. The molecule has 5 atom stereocenters. The topological polar surface area (TPSA) is 69.6 Å². The van der Waals surface area contributed by atoms with E-state index in [1.165, 1.54) is 31.2 Å². The summed E-state index contributed by atoms with van der Waals surface area (Å²) in [6.45, 7) is 7.51. The van der Waals surface area contributed by atoms with Crippen LogP contribution in [0.5, 0.6) is 0 Å². The highest BCUT2D eigenvalue weighted by molar-refractivity contribution is 5.96. The Kier molecular flexibility index (Phi) is 6.61. The van der Waals surface area contributed by atoms with Crippen molar-refractivity contribution in [3.8, 4) is 0 Å². The van der Waals surface area contributed by atoms with Crippen LogP contribution in [0.1, 0.15) is 68.6 Å². The third-order valence-corrected chi connectivity index (χ3v) is 8.29. The molecule has 3 saturated carbocycles. The Morgan fingerprint density at radius 1 is 1.06 bits per heavy atom. The average Bonchev–Trinajstić information content (AvgIpc) is 3.35. The molecule has 3 aliphatic carbocycles. The number of carboxylic acids is 1. The van der Waals surface area contributed by atoms with E-state index in [2.05, 4.69) is 42.3 Å².